The van der Waals surface area contributed by atoms with Gasteiger partial charge in [0.1, 0.15) is 5.75 Å². The largest absolute Gasteiger partial charge is 0.497 e. The van der Waals surface area contributed by atoms with Crippen molar-refractivity contribution in [3.8, 4) is 5.75 Å². The van der Waals surface area contributed by atoms with Crippen LogP contribution in [0.5, 0.6) is 5.75 Å². The van der Waals surface area contributed by atoms with Gasteiger partial charge in [-0.05, 0) is 36.5 Å². The Balaban J connectivity index is 2.20. The SMILES string of the molecule is COc1ccc(C(O)C2(CN)CCC(C)C2)cc1. The molecule has 18 heavy (non-hydrogen) atoms. The van der Waals surface area contributed by atoms with Crippen LogP contribution in [0.2, 0.25) is 0 Å². The summed E-state index contributed by atoms with van der Waals surface area (Å²) in [6.45, 7) is 2.78. The third-order valence-electron chi connectivity index (χ3n) is 4.31. The number of hydrogen-bond acceptors (Lipinski definition) is 3. The number of rotatable bonds is 4. The van der Waals surface area contributed by atoms with Gasteiger partial charge in [0.05, 0.1) is 13.2 Å². The lowest BCUT2D eigenvalue weighted by Crippen LogP contribution is -2.34. The lowest BCUT2D eigenvalue weighted by molar-refractivity contribution is 0.0307. The van der Waals surface area contributed by atoms with Crippen LogP contribution in [0.15, 0.2) is 24.3 Å². The fraction of sp³-hybridized carbons (Fsp3) is 0.600. The fourth-order valence-corrected chi connectivity index (χ4v) is 3.12. The molecule has 1 fully saturated rings. The van der Waals surface area contributed by atoms with Crippen molar-refractivity contribution in [1.29, 1.82) is 0 Å². The predicted octanol–water partition coefficient (Wildman–Crippen LogP) is 2.49. The fourth-order valence-electron chi connectivity index (χ4n) is 3.12. The molecule has 3 unspecified atom stereocenters. The first-order chi connectivity index (χ1) is 8.61. The van der Waals surface area contributed by atoms with Crippen LogP contribution < -0.4 is 10.5 Å². The molecular weight excluding hydrogens is 226 g/mol. The van der Waals surface area contributed by atoms with E-state index in [0.29, 0.717) is 12.5 Å². The lowest BCUT2D eigenvalue weighted by atomic mass is 9.77. The van der Waals surface area contributed by atoms with Crippen molar-refractivity contribution in [2.75, 3.05) is 13.7 Å². The summed E-state index contributed by atoms with van der Waals surface area (Å²) in [5.74, 6) is 1.47. The number of ether oxygens (including phenoxy) is 1. The zero-order valence-electron chi connectivity index (χ0n) is 11.2. The summed E-state index contributed by atoms with van der Waals surface area (Å²) in [6.07, 6.45) is 2.71. The summed E-state index contributed by atoms with van der Waals surface area (Å²) in [4.78, 5) is 0. The number of aliphatic hydroxyl groups excluding tert-OH is 1. The quantitative estimate of drug-likeness (QED) is 0.862. The van der Waals surface area contributed by atoms with Crippen LogP contribution in [0.3, 0.4) is 0 Å². The van der Waals surface area contributed by atoms with Gasteiger partial charge < -0.3 is 15.6 Å². The molecule has 0 spiro atoms. The highest BCUT2D eigenvalue weighted by Gasteiger charge is 2.42. The Morgan fingerprint density at radius 2 is 2.11 bits per heavy atom. The van der Waals surface area contributed by atoms with Crippen LogP contribution in [0.4, 0.5) is 0 Å². The van der Waals surface area contributed by atoms with Gasteiger partial charge in [0.15, 0.2) is 0 Å². The van der Waals surface area contributed by atoms with Crippen LogP contribution in [0, 0.1) is 11.3 Å². The Hall–Kier alpha value is -1.06. The molecule has 0 aliphatic heterocycles. The van der Waals surface area contributed by atoms with Crippen molar-refractivity contribution >= 4 is 0 Å². The van der Waals surface area contributed by atoms with E-state index in [9.17, 15) is 5.11 Å². The van der Waals surface area contributed by atoms with Crippen molar-refractivity contribution in [3.05, 3.63) is 29.8 Å². The van der Waals surface area contributed by atoms with Gasteiger partial charge in [-0.1, -0.05) is 25.5 Å². The number of aliphatic hydroxyl groups is 1. The first-order valence-electron chi connectivity index (χ1n) is 6.63. The summed E-state index contributed by atoms with van der Waals surface area (Å²) in [6, 6.07) is 7.65. The Bertz CT molecular complexity index is 390. The summed E-state index contributed by atoms with van der Waals surface area (Å²) < 4.78 is 5.14. The molecule has 1 aromatic rings. The maximum atomic E-state index is 10.6. The highest BCUT2D eigenvalue weighted by Crippen LogP contribution is 2.49. The second-order valence-electron chi connectivity index (χ2n) is 5.59. The summed E-state index contributed by atoms with van der Waals surface area (Å²) in [7, 11) is 1.64. The maximum absolute atomic E-state index is 10.6. The standard InChI is InChI=1S/C15H23NO2/c1-11-7-8-15(9-11,10-16)14(17)12-3-5-13(18-2)6-4-12/h3-6,11,14,17H,7-10,16H2,1-2H3. The van der Waals surface area contributed by atoms with E-state index >= 15 is 0 Å². The van der Waals surface area contributed by atoms with Gasteiger partial charge >= 0.3 is 0 Å². The van der Waals surface area contributed by atoms with Crippen LogP contribution in [0.1, 0.15) is 37.9 Å². The zero-order chi connectivity index (χ0) is 13.2. The minimum atomic E-state index is -0.474. The Morgan fingerprint density at radius 1 is 1.44 bits per heavy atom. The molecule has 0 bridgehead atoms. The smallest absolute Gasteiger partial charge is 0.118 e. The van der Waals surface area contributed by atoms with Gasteiger partial charge in [0.2, 0.25) is 0 Å². The Morgan fingerprint density at radius 3 is 2.56 bits per heavy atom. The Kier molecular flexibility index (Phi) is 3.93. The topological polar surface area (TPSA) is 55.5 Å². The molecule has 3 N–H and O–H groups in total. The van der Waals surface area contributed by atoms with Gasteiger partial charge in [0, 0.05) is 12.0 Å². The van der Waals surface area contributed by atoms with Gasteiger partial charge in [-0.3, -0.25) is 0 Å². The van der Waals surface area contributed by atoms with E-state index in [0.717, 1.165) is 30.6 Å². The molecule has 0 aromatic heterocycles. The number of hydrogen-bond donors (Lipinski definition) is 2. The number of benzene rings is 1. The normalized spacial score (nSPS) is 29.2. The third-order valence-corrected chi connectivity index (χ3v) is 4.31. The molecule has 1 aliphatic carbocycles. The second kappa shape index (κ2) is 5.29. The van der Waals surface area contributed by atoms with Crippen molar-refractivity contribution < 1.29 is 9.84 Å². The van der Waals surface area contributed by atoms with Crippen LogP contribution >= 0.6 is 0 Å². The molecular formula is C15H23NO2. The van der Waals surface area contributed by atoms with E-state index in [1.807, 2.05) is 24.3 Å². The van der Waals surface area contributed by atoms with Gasteiger partial charge in [-0.25, -0.2) is 0 Å². The highest BCUT2D eigenvalue weighted by atomic mass is 16.5. The molecule has 3 atom stereocenters. The summed E-state index contributed by atoms with van der Waals surface area (Å²) in [5, 5.41) is 10.6. The molecule has 3 heteroatoms. The van der Waals surface area contributed by atoms with Gasteiger partial charge in [-0.15, -0.1) is 0 Å². The van der Waals surface area contributed by atoms with Crippen molar-refractivity contribution in [2.45, 2.75) is 32.3 Å². The first-order valence-corrected chi connectivity index (χ1v) is 6.63. The van der Waals surface area contributed by atoms with E-state index in [2.05, 4.69) is 6.92 Å². The molecule has 1 aromatic carbocycles. The van der Waals surface area contributed by atoms with Crippen molar-refractivity contribution in [2.24, 2.45) is 17.1 Å². The van der Waals surface area contributed by atoms with Gasteiger partial charge in [0.25, 0.3) is 0 Å². The monoisotopic (exact) mass is 249 g/mol. The molecule has 0 radical (unpaired) electrons. The minimum absolute atomic E-state index is 0.145. The number of methoxy groups -OCH3 is 1. The average molecular weight is 249 g/mol. The summed E-state index contributed by atoms with van der Waals surface area (Å²) >= 11 is 0. The van der Waals surface area contributed by atoms with Crippen LogP contribution in [-0.4, -0.2) is 18.8 Å². The average Bonchev–Trinajstić information content (AvgIpc) is 2.81. The van der Waals surface area contributed by atoms with Crippen molar-refractivity contribution in [1.82, 2.24) is 0 Å². The van der Waals surface area contributed by atoms with E-state index in [4.69, 9.17) is 10.5 Å². The van der Waals surface area contributed by atoms with Crippen LogP contribution in [-0.2, 0) is 0 Å². The molecule has 2 rings (SSSR count). The second-order valence-corrected chi connectivity index (χ2v) is 5.59. The molecule has 3 nitrogen and oxygen atoms in total. The van der Waals surface area contributed by atoms with Gasteiger partial charge in [-0.2, -0.15) is 0 Å². The predicted molar refractivity (Wildman–Crippen MR) is 72.5 cm³/mol. The first kappa shape index (κ1) is 13.4. The summed E-state index contributed by atoms with van der Waals surface area (Å²) in [5.41, 5.74) is 6.74. The molecule has 0 heterocycles. The molecule has 0 saturated heterocycles. The zero-order valence-corrected chi connectivity index (χ0v) is 11.2. The maximum Gasteiger partial charge on any atom is 0.118 e. The van der Waals surface area contributed by atoms with Crippen molar-refractivity contribution in [3.63, 3.8) is 0 Å². The molecule has 1 saturated carbocycles. The number of nitrogens with two attached hydrogens (primary N) is 1. The van der Waals surface area contributed by atoms with E-state index in [1.54, 1.807) is 7.11 Å². The van der Waals surface area contributed by atoms with E-state index in [-0.39, 0.29) is 5.41 Å². The molecule has 0 amide bonds. The van der Waals surface area contributed by atoms with Crippen LogP contribution in [0.25, 0.3) is 0 Å². The lowest BCUT2D eigenvalue weighted by Gasteiger charge is -2.33. The Labute approximate surface area is 109 Å². The van der Waals surface area contributed by atoms with E-state index < -0.39 is 6.10 Å². The molecule has 100 valence electrons. The van der Waals surface area contributed by atoms with E-state index in [1.165, 1.54) is 0 Å². The minimum Gasteiger partial charge on any atom is -0.497 e. The highest BCUT2D eigenvalue weighted by molar-refractivity contribution is 5.29. The third kappa shape index (κ3) is 2.38. The molecule has 1 aliphatic rings.